The molecule has 0 spiro atoms. The largest absolute Gasteiger partial charge is 0.486 e. The number of fused-ring (bicyclic) bond motifs is 1. The molecule has 2 aromatic carbocycles. The maximum absolute atomic E-state index is 10.7. The number of hydrogen-bond acceptors (Lipinski definition) is 5. The van der Waals surface area contributed by atoms with Crippen LogP contribution in [0.25, 0.3) is 0 Å². The Labute approximate surface area is 172 Å². The maximum atomic E-state index is 10.7. The van der Waals surface area contributed by atoms with Crippen LogP contribution >= 0.6 is 0 Å². The minimum absolute atomic E-state index is 0.159. The molecule has 0 aliphatic carbocycles. The number of benzene rings is 2. The third-order valence-electron chi connectivity index (χ3n) is 5.56. The molecule has 1 saturated heterocycles. The predicted octanol–water partition coefficient (Wildman–Crippen LogP) is 2.25. The van der Waals surface area contributed by atoms with Gasteiger partial charge in [-0.2, -0.15) is 0 Å². The van der Waals surface area contributed by atoms with Gasteiger partial charge in [0, 0.05) is 5.56 Å². The molecular formula is C23H30NO5+. The molecule has 156 valence electrons. The van der Waals surface area contributed by atoms with Crippen LogP contribution in [-0.2, 0) is 16.0 Å². The van der Waals surface area contributed by atoms with Crippen molar-refractivity contribution < 1.29 is 28.5 Å². The Balaban J connectivity index is 1.27. The standard InChI is InChI=1S/C23H30NO5/c25-20(16-27-17-21-18-28-22-8-4-5-9-23(22)29-21)15-24(10-12-26-13-11-24)14-19-6-2-1-3-7-19/h1-9,20-21,25H,10-18H2/q+1/t20-,21+/m1/s1. The Morgan fingerprint density at radius 2 is 1.72 bits per heavy atom. The van der Waals surface area contributed by atoms with Gasteiger partial charge in [-0.3, -0.25) is 0 Å². The number of aliphatic hydroxyl groups excluding tert-OH is 1. The molecule has 1 N–H and O–H groups in total. The molecule has 1 fully saturated rings. The highest BCUT2D eigenvalue weighted by molar-refractivity contribution is 5.40. The quantitative estimate of drug-likeness (QED) is 0.689. The summed E-state index contributed by atoms with van der Waals surface area (Å²) in [6.07, 6.45) is -0.693. The van der Waals surface area contributed by atoms with Gasteiger partial charge in [0.15, 0.2) is 17.6 Å². The number of aliphatic hydroxyl groups is 1. The summed E-state index contributed by atoms with van der Waals surface area (Å²) in [5, 5.41) is 10.7. The first kappa shape index (κ1) is 20.2. The number of nitrogens with zero attached hydrogens (tertiary/aromatic N) is 1. The zero-order valence-electron chi connectivity index (χ0n) is 16.7. The van der Waals surface area contributed by atoms with Crippen molar-refractivity contribution in [3.8, 4) is 11.5 Å². The highest BCUT2D eigenvalue weighted by Gasteiger charge is 2.33. The normalized spacial score (nSPS) is 21.5. The van der Waals surface area contributed by atoms with Crippen LogP contribution in [0.5, 0.6) is 11.5 Å². The van der Waals surface area contributed by atoms with Crippen molar-refractivity contribution in [1.29, 1.82) is 0 Å². The van der Waals surface area contributed by atoms with Gasteiger partial charge >= 0.3 is 0 Å². The van der Waals surface area contributed by atoms with Gasteiger partial charge in [-0.05, 0) is 12.1 Å². The lowest BCUT2D eigenvalue weighted by Gasteiger charge is -2.42. The van der Waals surface area contributed by atoms with Gasteiger partial charge in [0.2, 0.25) is 0 Å². The maximum Gasteiger partial charge on any atom is 0.161 e. The van der Waals surface area contributed by atoms with E-state index in [1.54, 1.807) is 0 Å². The summed E-state index contributed by atoms with van der Waals surface area (Å²) in [5.41, 5.74) is 1.29. The van der Waals surface area contributed by atoms with E-state index in [9.17, 15) is 5.11 Å². The predicted molar refractivity (Wildman–Crippen MR) is 109 cm³/mol. The smallest absolute Gasteiger partial charge is 0.161 e. The van der Waals surface area contributed by atoms with Gasteiger partial charge in [-0.15, -0.1) is 0 Å². The molecule has 0 aromatic heterocycles. The molecule has 0 amide bonds. The summed E-state index contributed by atoms with van der Waals surface area (Å²) in [7, 11) is 0. The fourth-order valence-corrected chi connectivity index (χ4v) is 4.09. The third kappa shape index (κ3) is 5.48. The van der Waals surface area contributed by atoms with Crippen LogP contribution in [0, 0.1) is 0 Å². The zero-order valence-corrected chi connectivity index (χ0v) is 16.7. The number of rotatable bonds is 8. The average molecular weight is 400 g/mol. The van der Waals surface area contributed by atoms with Crippen molar-refractivity contribution in [2.75, 3.05) is 52.7 Å². The Kier molecular flexibility index (Phi) is 6.67. The summed E-state index contributed by atoms with van der Waals surface area (Å²) >= 11 is 0. The second kappa shape index (κ2) is 9.59. The highest BCUT2D eigenvalue weighted by Crippen LogP contribution is 2.30. The van der Waals surface area contributed by atoms with Crippen LogP contribution in [-0.4, -0.2) is 74.5 Å². The van der Waals surface area contributed by atoms with E-state index < -0.39 is 6.10 Å². The van der Waals surface area contributed by atoms with E-state index in [2.05, 4.69) is 24.3 Å². The summed E-state index contributed by atoms with van der Waals surface area (Å²) in [6.45, 7) is 5.97. The Bertz CT molecular complexity index is 763. The number of ether oxygens (including phenoxy) is 4. The van der Waals surface area contributed by atoms with Crippen molar-refractivity contribution in [2.24, 2.45) is 0 Å². The van der Waals surface area contributed by atoms with Crippen LogP contribution in [0.4, 0.5) is 0 Å². The molecule has 0 bridgehead atoms. The summed E-state index contributed by atoms with van der Waals surface area (Å²) < 4.78 is 23.8. The summed E-state index contributed by atoms with van der Waals surface area (Å²) in [5.74, 6) is 1.51. The zero-order chi connectivity index (χ0) is 19.9. The van der Waals surface area contributed by atoms with Crippen LogP contribution in [0.3, 0.4) is 0 Å². The van der Waals surface area contributed by atoms with Gasteiger partial charge in [0.1, 0.15) is 38.9 Å². The van der Waals surface area contributed by atoms with Crippen LogP contribution in [0.1, 0.15) is 5.56 Å². The van der Waals surface area contributed by atoms with Crippen molar-refractivity contribution in [1.82, 2.24) is 0 Å². The average Bonchev–Trinajstić information content (AvgIpc) is 2.75. The molecule has 2 heterocycles. The van der Waals surface area contributed by atoms with E-state index in [0.29, 0.717) is 19.8 Å². The minimum atomic E-state index is -0.534. The van der Waals surface area contributed by atoms with Crippen LogP contribution in [0.15, 0.2) is 54.6 Å². The number of hydrogen-bond donors (Lipinski definition) is 1. The molecule has 2 aliphatic heterocycles. The molecule has 0 unspecified atom stereocenters. The van der Waals surface area contributed by atoms with E-state index in [1.807, 2.05) is 30.3 Å². The Hall–Kier alpha value is -2.12. The van der Waals surface area contributed by atoms with Crippen LogP contribution < -0.4 is 9.47 Å². The third-order valence-corrected chi connectivity index (χ3v) is 5.56. The summed E-state index contributed by atoms with van der Waals surface area (Å²) in [6, 6.07) is 18.1. The van der Waals surface area contributed by atoms with Gasteiger partial charge in [0.25, 0.3) is 0 Å². The molecule has 29 heavy (non-hydrogen) atoms. The van der Waals surface area contributed by atoms with Gasteiger partial charge in [-0.1, -0.05) is 42.5 Å². The Morgan fingerprint density at radius 1 is 1.00 bits per heavy atom. The number of quaternary nitrogens is 1. The topological polar surface area (TPSA) is 57.2 Å². The SMILES string of the molecule is O[C@@H](COC[C@H]1COc2ccccc2O1)C[N+]1(Cc2ccccc2)CCOCC1. The first-order valence-corrected chi connectivity index (χ1v) is 10.3. The fourth-order valence-electron chi connectivity index (χ4n) is 4.09. The van der Waals surface area contributed by atoms with Gasteiger partial charge in [0.05, 0.1) is 26.4 Å². The molecule has 0 saturated carbocycles. The minimum Gasteiger partial charge on any atom is -0.486 e. The first-order chi connectivity index (χ1) is 14.2. The van der Waals surface area contributed by atoms with E-state index >= 15 is 0 Å². The summed E-state index contributed by atoms with van der Waals surface area (Å²) in [4.78, 5) is 0. The van der Waals surface area contributed by atoms with Crippen molar-refractivity contribution >= 4 is 0 Å². The van der Waals surface area contributed by atoms with E-state index in [1.165, 1.54) is 5.56 Å². The second-order valence-corrected chi connectivity index (χ2v) is 7.92. The lowest BCUT2D eigenvalue weighted by molar-refractivity contribution is -0.950. The molecule has 2 aromatic rings. The van der Waals surface area contributed by atoms with Gasteiger partial charge < -0.3 is 28.5 Å². The number of morpholine rings is 1. The van der Waals surface area contributed by atoms with Crippen molar-refractivity contribution in [3.05, 3.63) is 60.2 Å². The molecule has 2 aliphatic rings. The molecule has 6 nitrogen and oxygen atoms in total. The lowest BCUT2D eigenvalue weighted by atomic mass is 10.1. The molecule has 2 atom stereocenters. The van der Waals surface area contributed by atoms with E-state index in [0.717, 1.165) is 48.8 Å². The molecule has 0 radical (unpaired) electrons. The molecule has 6 heteroatoms. The molecule has 4 rings (SSSR count). The fraction of sp³-hybridized carbons (Fsp3) is 0.478. The number of para-hydroxylation sites is 2. The van der Waals surface area contributed by atoms with E-state index in [-0.39, 0.29) is 12.7 Å². The van der Waals surface area contributed by atoms with Crippen molar-refractivity contribution in [2.45, 2.75) is 18.8 Å². The monoisotopic (exact) mass is 400 g/mol. The lowest BCUT2D eigenvalue weighted by Crippen LogP contribution is -2.58. The second-order valence-electron chi connectivity index (χ2n) is 7.92. The van der Waals surface area contributed by atoms with E-state index in [4.69, 9.17) is 18.9 Å². The van der Waals surface area contributed by atoms with Crippen molar-refractivity contribution in [3.63, 3.8) is 0 Å². The first-order valence-electron chi connectivity index (χ1n) is 10.3. The van der Waals surface area contributed by atoms with Gasteiger partial charge in [-0.25, -0.2) is 0 Å². The highest BCUT2D eigenvalue weighted by atomic mass is 16.6. The van der Waals surface area contributed by atoms with Crippen LogP contribution in [0.2, 0.25) is 0 Å². The molecular weight excluding hydrogens is 370 g/mol. The Morgan fingerprint density at radius 3 is 2.52 bits per heavy atom.